The lowest BCUT2D eigenvalue weighted by Crippen LogP contribution is -2.51. The first-order valence-electron chi connectivity index (χ1n) is 10.0. The molecule has 1 amide bonds. The van der Waals surface area contributed by atoms with Crippen LogP contribution in [0.25, 0.3) is 0 Å². The van der Waals surface area contributed by atoms with E-state index in [1.54, 1.807) is 24.3 Å². The van der Waals surface area contributed by atoms with Gasteiger partial charge in [-0.2, -0.15) is 0 Å². The molecule has 2 fully saturated rings. The summed E-state index contributed by atoms with van der Waals surface area (Å²) in [6.07, 6.45) is -7.83. The van der Waals surface area contributed by atoms with Crippen molar-refractivity contribution in [2.75, 3.05) is 19.8 Å². The maximum Gasteiger partial charge on any atom is 0.522 e. The van der Waals surface area contributed by atoms with E-state index < -0.39 is 49.2 Å². The number of carbonyl (C=O) groups is 1. The second kappa shape index (κ2) is 10.5. The standard InChI is InChI=1S/C20H23ClF5NO5/c21-12-1-4-14(5-2-12)29-10-18(28)27-13-3-6-17(30-9-13)19(22,23)11-31-15-7-16(8-15)32-20(24,25)26/h1-2,4-5,13,15-17H,3,6-11H2,(H,27,28)/t13-,15?,16?,17+/m0/s1. The van der Waals surface area contributed by atoms with Gasteiger partial charge in [-0.15, -0.1) is 13.2 Å². The highest BCUT2D eigenvalue weighted by Gasteiger charge is 2.46. The van der Waals surface area contributed by atoms with E-state index in [1.807, 2.05) is 0 Å². The number of benzene rings is 1. The maximum absolute atomic E-state index is 14.3. The summed E-state index contributed by atoms with van der Waals surface area (Å²) >= 11 is 5.77. The molecule has 0 spiro atoms. The zero-order chi connectivity index (χ0) is 23.4. The fourth-order valence-corrected chi connectivity index (χ4v) is 3.53. The molecule has 12 heteroatoms. The van der Waals surface area contributed by atoms with Crippen LogP contribution in [-0.4, -0.2) is 62.4 Å². The predicted molar refractivity (Wildman–Crippen MR) is 103 cm³/mol. The van der Waals surface area contributed by atoms with Gasteiger partial charge in [0.2, 0.25) is 0 Å². The zero-order valence-electron chi connectivity index (χ0n) is 16.9. The van der Waals surface area contributed by atoms with Gasteiger partial charge in [0, 0.05) is 17.9 Å². The third kappa shape index (κ3) is 7.72. The second-order valence-corrected chi connectivity index (χ2v) is 8.19. The van der Waals surface area contributed by atoms with E-state index in [0.717, 1.165) is 0 Å². The van der Waals surface area contributed by atoms with Crippen molar-refractivity contribution in [1.82, 2.24) is 5.32 Å². The summed E-state index contributed by atoms with van der Waals surface area (Å²) in [5.41, 5.74) is 0. The van der Waals surface area contributed by atoms with Crippen molar-refractivity contribution in [3.05, 3.63) is 29.3 Å². The van der Waals surface area contributed by atoms with Crippen molar-refractivity contribution < 1.29 is 45.7 Å². The third-order valence-corrected chi connectivity index (χ3v) is 5.41. The summed E-state index contributed by atoms with van der Waals surface area (Å²) in [6.45, 7) is -1.29. The first-order valence-corrected chi connectivity index (χ1v) is 10.4. The van der Waals surface area contributed by atoms with Gasteiger partial charge in [-0.05, 0) is 37.1 Å². The van der Waals surface area contributed by atoms with Crippen LogP contribution in [0.1, 0.15) is 25.7 Å². The lowest BCUT2D eigenvalue weighted by molar-refractivity contribution is -0.358. The maximum atomic E-state index is 14.3. The van der Waals surface area contributed by atoms with E-state index in [9.17, 15) is 26.7 Å². The number of rotatable bonds is 9. The number of amides is 1. The van der Waals surface area contributed by atoms with E-state index >= 15 is 0 Å². The van der Waals surface area contributed by atoms with Gasteiger partial charge in [0.05, 0.1) is 24.9 Å². The molecule has 0 radical (unpaired) electrons. The molecule has 0 bridgehead atoms. The number of nitrogens with one attached hydrogen (secondary N) is 1. The monoisotopic (exact) mass is 487 g/mol. The molecule has 1 aliphatic heterocycles. The number of ether oxygens (including phenoxy) is 4. The Morgan fingerprint density at radius 2 is 1.78 bits per heavy atom. The molecule has 2 atom stereocenters. The molecule has 1 aromatic rings. The van der Waals surface area contributed by atoms with Crippen molar-refractivity contribution >= 4 is 17.5 Å². The Morgan fingerprint density at radius 1 is 1.09 bits per heavy atom. The molecular weight excluding hydrogens is 465 g/mol. The van der Waals surface area contributed by atoms with Crippen LogP contribution in [0, 0.1) is 0 Å². The first kappa shape index (κ1) is 24.9. The molecule has 3 rings (SSSR count). The first-order chi connectivity index (χ1) is 15.0. The number of carbonyl (C=O) groups excluding carboxylic acids is 1. The van der Waals surface area contributed by atoms with Gasteiger partial charge in [0.25, 0.3) is 11.8 Å². The van der Waals surface area contributed by atoms with Crippen LogP contribution in [0.5, 0.6) is 5.75 Å². The van der Waals surface area contributed by atoms with E-state index in [-0.39, 0.29) is 38.9 Å². The summed E-state index contributed by atoms with van der Waals surface area (Å²) in [6, 6.07) is 6.03. The Labute approximate surface area is 186 Å². The predicted octanol–water partition coefficient (Wildman–Crippen LogP) is 4.10. The van der Waals surface area contributed by atoms with Gasteiger partial charge in [-0.3, -0.25) is 9.53 Å². The minimum Gasteiger partial charge on any atom is -0.484 e. The van der Waals surface area contributed by atoms with Crippen LogP contribution < -0.4 is 10.1 Å². The topological polar surface area (TPSA) is 66.0 Å². The molecule has 0 aromatic heterocycles. The van der Waals surface area contributed by atoms with Gasteiger partial charge < -0.3 is 19.5 Å². The van der Waals surface area contributed by atoms with Gasteiger partial charge in [-0.25, -0.2) is 8.78 Å². The number of alkyl halides is 5. The highest BCUT2D eigenvalue weighted by atomic mass is 35.5. The average molecular weight is 488 g/mol. The summed E-state index contributed by atoms with van der Waals surface area (Å²) in [5, 5.41) is 3.20. The Kier molecular flexibility index (Phi) is 8.18. The zero-order valence-corrected chi connectivity index (χ0v) is 17.6. The van der Waals surface area contributed by atoms with Crippen LogP contribution in [0.2, 0.25) is 5.02 Å². The summed E-state index contributed by atoms with van der Waals surface area (Å²) < 4.78 is 84.3. The number of halogens is 6. The van der Waals surface area contributed by atoms with Gasteiger partial charge in [0.1, 0.15) is 18.5 Å². The van der Waals surface area contributed by atoms with E-state index in [1.165, 1.54) is 0 Å². The quantitative estimate of drug-likeness (QED) is 0.531. The van der Waals surface area contributed by atoms with Crippen molar-refractivity contribution in [2.45, 2.75) is 62.3 Å². The Bertz CT molecular complexity index is 750. The van der Waals surface area contributed by atoms with Crippen LogP contribution in [0.4, 0.5) is 22.0 Å². The van der Waals surface area contributed by atoms with Crippen molar-refractivity contribution in [2.24, 2.45) is 0 Å². The molecule has 32 heavy (non-hydrogen) atoms. The van der Waals surface area contributed by atoms with Crippen LogP contribution in [-0.2, 0) is 19.0 Å². The molecule has 1 heterocycles. The number of hydrogen-bond donors (Lipinski definition) is 1. The Balaban J connectivity index is 1.32. The highest BCUT2D eigenvalue weighted by molar-refractivity contribution is 6.30. The molecule has 180 valence electrons. The fraction of sp³-hybridized carbons (Fsp3) is 0.650. The van der Waals surface area contributed by atoms with Gasteiger partial charge in [-0.1, -0.05) is 11.6 Å². The van der Waals surface area contributed by atoms with Crippen molar-refractivity contribution in [3.8, 4) is 5.75 Å². The molecule has 1 saturated heterocycles. The minimum atomic E-state index is -4.75. The van der Waals surface area contributed by atoms with Crippen LogP contribution in [0.15, 0.2) is 24.3 Å². The van der Waals surface area contributed by atoms with Crippen molar-refractivity contribution in [1.29, 1.82) is 0 Å². The lowest BCUT2D eigenvalue weighted by Gasteiger charge is -2.38. The molecular formula is C20H23ClF5NO5. The van der Waals surface area contributed by atoms with Gasteiger partial charge in [0.15, 0.2) is 6.61 Å². The van der Waals surface area contributed by atoms with Crippen LogP contribution in [0.3, 0.4) is 0 Å². The molecule has 6 nitrogen and oxygen atoms in total. The molecule has 0 unspecified atom stereocenters. The van der Waals surface area contributed by atoms with Crippen molar-refractivity contribution in [3.63, 3.8) is 0 Å². The lowest BCUT2D eigenvalue weighted by atomic mass is 9.92. The van der Waals surface area contributed by atoms with E-state index in [2.05, 4.69) is 10.1 Å². The Morgan fingerprint density at radius 3 is 2.38 bits per heavy atom. The molecule has 1 aliphatic carbocycles. The minimum absolute atomic E-state index is 0.0101. The average Bonchev–Trinajstić information content (AvgIpc) is 2.69. The summed E-state index contributed by atoms with van der Waals surface area (Å²) in [7, 11) is 0. The second-order valence-electron chi connectivity index (χ2n) is 7.76. The normalized spacial score (nSPS) is 26.3. The van der Waals surface area contributed by atoms with E-state index in [4.69, 9.17) is 25.8 Å². The fourth-order valence-electron chi connectivity index (χ4n) is 3.41. The Hall–Kier alpha value is -1.69. The molecule has 1 saturated carbocycles. The molecule has 1 N–H and O–H groups in total. The summed E-state index contributed by atoms with van der Waals surface area (Å²) in [4.78, 5) is 12.0. The van der Waals surface area contributed by atoms with Gasteiger partial charge >= 0.3 is 6.36 Å². The smallest absolute Gasteiger partial charge is 0.484 e. The molecule has 2 aliphatic rings. The van der Waals surface area contributed by atoms with Crippen LogP contribution >= 0.6 is 11.6 Å². The van der Waals surface area contributed by atoms with E-state index in [0.29, 0.717) is 10.8 Å². The largest absolute Gasteiger partial charge is 0.522 e. The third-order valence-electron chi connectivity index (χ3n) is 5.16. The molecule has 1 aromatic carbocycles. The SMILES string of the molecule is O=C(COc1ccc(Cl)cc1)N[C@H]1CC[C@H](C(F)(F)COC2CC(OC(F)(F)F)C2)OC1. The number of hydrogen-bond acceptors (Lipinski definition) is 5. The summed E-state index contributed by atoms with van der Waals surface area (Å²) in [5.74, 6) is -3.25. The highest BCUT2D eigenvalue weighted by Crippen LogP contribution is 2.35.